The number of hydrogen-bond donors (Lipinski definition) is 0. The Morgan fingerprint density at radius 1 is 1.15 bits per heavy atom. The minimum Gasteiger partial charge on any atom is -0.341 e. The van der Waals surface area contributed by atoms with Crippen LogP contribution >= 0.6 is 0 Å². The number of aryl methyl sites for hydroxylation is 1. The van der Waals surface area contributed by atoms with Gasteiger partial charge in [0.2, 0.25) is 0 Å². The van der Waals surface area contributed by atoms with Crippen LogP contribution in [0.3, 0.4) is 0 Å². The highest BCUT2D eigenvalue weighted by atomic mass is 19.1. The van der Waals surface area contributed by atoms with E-state index >= 15 is 0 Å². The summed E-state index contributed by atoms with van der Waals surface area (Å²) < 4.78 is 13.5. The molecule has 0 spiro atoms. The van der Waals surface area contributed by atoms with Crippen LogP contribution in [0, 0.1) is 22.9 Å². The van der Waals surface area contributed by atoms with Crippen LogP contribution < -0.4 is 4.90 Å². The third-order valence-corrected chi connectivity index (χ3v) is 3.05. The third-order valence-electron chi connectivity index (χ3n) is 3.05. The van der Waals surface area contributed by atoms with Crippen LogP contribution in [-0.4, -0.2) is 11.5 Å². The molecule has 5 heteroatoms. The fraction of sp³-hybridized carbons (Fsp3) is 0.200. The van der Waals surface area contributed by atoms with E-state index in [0.29, 0.717) is 12.2 Å². The SMILES string of the molecule is CCN(c1ccc(C)cc1)c1cc(F)cc([N+](=O)[O-])c1. The van der Waals surface area contributed by atoms with Crippen LogP contribution in [0.2, 0.25) is 0 Å². The predicted molar refractivity (Wildman–Crippen MR) is 76.9 cm³/mol. The number of nitro benzene ring substituents is 1. The fourth-order valence-electron chi connectivity index (χ4n) is 2.06. The van der Waals surface area contributed by atoms with Crippen LogP contribution in [0.25, 0.3) is 0 Å². The zero-order chi connectivity index (χ0) is 14.7. The number of anilines is 2. The van der Waals surface area contributed by atoms with E-state index in [1.54, 1.807) is 0 Å². The lowest BCUT2D eigenvalue weighted by atomic mass is 10.2. The Morgan fingerprint density at radius 2 is 1.80 bits per heavy atom. The second-order valence-corrected chi connectivity index (χ2v) is 4.50. The summed E-state index contributed by atoms with van der Waals surface area (Å²) in [6.45, 7) is 4.48. The molecule has 0 aliphatic rings. The van der Waals surface area contributed by atoms with Crippen LogP contribution in [0.1, 0.15) is 12.5 Å². The quantitative estimate of drug-likeness (QED) is 0.620. The van der Waals surface area contributed by atoms with Crippen LogP contribution in [0.15, 0.2) is 42.5 Å². The molecular formula is C15H15FN2O2. The van der Waals surface area contributed by atoms with Gasteiger partial charge in [0.05, 0.1) is 16.7 Å². The summed E-state index contributed by atoms with van der Waals surface area (Å²) in [4.78, 5) is 12.1. The maximum Gasteiger partial charge on any atom is 0.274 e. The molecule has 4 nitrogen and oxygen atoms in total. The van der Waals surface area contributed by atoms with E-state index in [1.807, 2.05) is 43.0 Å². The number of hydrogen-bond acceptors (Lipinski definition) is 3. The van der Waals surface area contributed by atoms with E-state index < -0.39 is 10.7 Å². The first-order chi connectivity index (χ1) is 9.51. The zero-order valence-electron chi connectivity index (χ0n) is 11.3. The number of nitrogens with zero attached hydrogens (tertiary/aromatic N) is 2. The first-order valence-electron chi connectivity index (χ1n) is 6.30. The standard InChI is InChI=1S/C15H15FN2O2/c1-3-17(13-6-4-11(2)5-7-13)14-8-12(16)9-15(10-14)18(19)20/h4-10H,3H2,1-2H3. The van der Waals surface area contributed by atoms with E-state index in [9.17, 15) is 14.5 Å². The highest BCUT2D eigenvalue weighted by molar-refractivity contribution is 5.65. The summed E-state index contributed by atoms with van der Waals surface area (Å²) in [6.07, 6.45) is 0. The minimum atomic E-state index is -0.611. The maximum absolute atomic E-state index is 13.5. The molecule has 0 N–H and O–H groups in total. The first kappa shape index (κ1) is 14.0. The van der Waals surface area contributed by atoms with Crippen molar-refractivity contribution in [1.82, 2.24) is 0 Å². The molecule has 2 aromatic rings. The Bertz CT molecular complexity index is 626. The Morgan fingerprint density at radius 3 is 2.35 bits per heavy atom. The van der Waals surface area contributed by atoms with Crippen LogP contribution in [-0.2, 0) is 0 Å². The normalized spacial score (nSPS) is 10.3. The summed E-state index contributed by atoms with van der Waals surface area (Å²) in [5, 5.41) is 10.8. The minimum absolute atomic E-state index is 0.245. The summed E-state index contributed by atoms with van der Waals surface area (Å²) in [5.41, 5.74) is 2.22. The monoisotopic (exact) mass is 274 g/mol. The van der Waals surface area contributed by atoms with Gasteiger partial charge in [0, 0.05) is 18.3 Å². The molecule has 0 saturated heterocycles. The van der Waals surface area contributed by atoms with Gasteiger partial charge < -0.3 is 4.90 Å². The van der Waals surface area contributed by atoms with Crippen molar-refractivity contribution in [2.75, 3.05) is 11.4 Å². The molecule has 0 aliphatic heterocycles. The van der Waals surface area contributed by atoms with Gasteiger partial charge in [-0.3, -0.25) is 10.1 Å². The van der Waals surface area contributed by atoms with Crippen molar-refractivity contribution in [1.29, 1.82) is 0 Å². The molecule has 0 radical (unpaired) electrons. The molecule has 0 fully saturated rings. The largest absolute Gasteiger partial charge is 0.341 e. The van der Waals surface area contributed by atoms with E-state index in [0.717, 1.165) is 17.3 Å². The van der Waals surface area contributed by atoms with Crippen molar-refractivity contribution < 1.29 is 9.31 Å². The van der Waals surface area contributed by atoms with Crippen molar-refractivity contribution >= 4 is 17.1 Å². The second kappa shape index (κ2) is 5.69. The molecular weight excluding hydrogens is 259 g/mol. The molecule has 0 atom stereocenters. The van der Waals surface area contributed by atoms with Gasteiger partial charge in [-0.05, 0) is 32.0 Å². The predicted octanol–water partition coefficient (Wildman–Crippen LogP) is 4.20. The van der Waals surface area contributed by atoms with Crippen molar-refractivity contribution in [2.45, 2.75) is 13.8 Å². The molecule has 0 heterocycles. The molecule has 104 valence electrons. The topological polar surface area (TPSA) is 46.4 Å². The molecule has 20 heavy (non-hydrogen) atoms. The molecule has 0 unspecified atom stereocenters. The number of rotatable bonds is 4. The lowest BCUT2D eigenvalue weighted by molar-refractivity contribution is -0.385. The van der Waals surface area contributed by atoms with Gasteiger partial charge in [-0.15, -0.1) is 0 Å². The molecule has 0 saturated carbocycles. The molecule has 0 aliphatic carbocycles. The van der Waals surface area contributed by atoms with Crippen LogP contribution in [0.5, 0.6) is 0 Å². The van der Waals surface area contributed by atoms with Crippen molar-refractivity contribution in [3.63, 3.8) is 0 Å². The van der Waals surface area contributed by atoms with Gasteiger partial charge in [-0.1, -0.05) is 17.7 Å². The average Bonchev–Trinajstić information content (AvgIpc) is 2.41. The summed E-state index contributed by atoms with van der Waals surface area (Å²) >= 11 is 0. The van der Waals surface area contributed by atoms with Crippen molar-refractivity contribution in [2.24, 2.45) is 0 Å². The molecule has 0 aromatic heterocycles. The second-order valence-electron chi connectivity index (χ2n) is 4.50. The number of halogens is 1. The van der Waals surface area contributed by atoms with Gasteiger partial charge in [0.1, 0.15) is 5.82 Å². The Balaban J connectivity index is 2.46. The van der Waals surface area contributed by atoms with E-state index in [4.69, 9.17) is 0 Å². The number of non-ortho nitro benzene ring substituents is 1. The molecule has 0 amide bonds. The lowest BCUT2D eigenvalue weighted by Gasteiger charge is -2.23. The summed E-state index contributed by atoms with van der Waals surface area (Å²) in [7, 11) is 0. The third kappa shape index (κ3) is 2.93. The van der Waals surface area contributed by atoms with Crippen LogP contribution in [0.4, 0.5) is 21.5 Å². The summed E-state index contributed by atoms with van der Waals surface area (Å²) in [5.74, 6) is -0.611. The fourth-order valence-corrected chi connectivity index (χ4v) is 2.06. The van der Waals surface area contributed by atoms with E-state index in [-0.39, 0.29) is 5.69 Å². The van der Waals surface area contributed by atoms with E-state index in [2.05, 4.69) is 0 Å². The van der Waals surface area contributed by atoms with Crippen molar-refractivity contribution in [3.05, 3.63) is 64.0 Å². The zero-order valence-corrected chi connectivity index (χ0v) is 11.3. The molecule has 0 bridgehead atoms. The van der Waals surface area contributed by atoms with Gasteiger partial charge in [0.25, 0.3) is 5.69 Å². The number of benzene rings is 2. The van der Waals surface area contributed by atoms with E-state index in [1.165, 1.54) is 12.1 Å². The lowest BCUT2D eigenvalue weighted by Crippen LogP contribution is -2.16. The van der Waals surface area contributed by atoms with Gasteiger partial charge >= 0.3 is 0 Å². The van der Waals surface area contributed by atoms with Gasteiger partial charge in [0.15, 0.2) is 0 Å². The van der Waals surface area contributed by atoms with Gasteiger partial charge in [-0.2, -0.15) is 0 Å². The Hall–Kier alpha value is -2.43. The molecule has 2 aromatic carbocycles. The van der Waals surface area contributed by atoms with Crippen molar-refractivity contribution in [3.8, 4) is 0 Å². The molecule has 2 rings (SSSR count). The highest BCUT2D eigenvalue weighted by Gasteiger charge is 2.14. The first-order valence-corrected chi connectivity index (χ1v) is 6.30. The highest BCUT2D eigenvalue weighted by Crippen LogP contribution is 2.29. The summed E-state index contributed by atoms with van der Waals surface area (Å²) in [6, 6.07) is 11.3. The Kier molecular flexibility index (Phi) is 3.98. The maximum atomic E-state index is 13.5. The average molecular weight is 274 g/mol. The Labute approximate surface area is 116 Å². The van der Waals surface area contributed by atoms with Gasteiger partial charge in [-0.25, -0.2) is 4.39 Å². The number of nitro groups is 1. The smallest absolute Gasteiger partial charge is 0.274 e.